The third kappa shape index (κ3) is 2.75. The van der Waals surface area contributed by atoms with Gasteiger partial charge in [0.05, 0.1) is 5.56 Å². The summed E-state index contributed by atoms with van der Waals surface area (Å²) in [5, 5.41) is -0.207. The lowest BCUT2D eigenvalue weighted by molar-refractivity contribution is -0.137. The molecule has 0 aliphatic carbocycles. The van der Waals surface area contributed by atoms with E-state index in [2.05, 4.69) is 12.6 Å². The van der Waals surface area contributed by atoms with Crippen LogP contribution in [0.4, 0.5) is 18.9 Å². The molecule has 0 saturated carbocycles. The Morgan fingerprint density at radius 1 is 1.33 bits per heavy atom. The first kappa shape index (κ1) is 13.5. The van der Waals surface area contributed by atoms with Crippen LogP contribution in [0.2, 0.25) is 5.02 Å². The lowest BCUT2D eigenvalue weighted by atomic mass is 10.2. The first-order valence-electron chi connectivity index (χ1n) is 5.13. The minimum atomic E-state index is -4.48. The molecule has 1 atom stereocenters. The molecular weight excluding hydrogens is 287 g/mol. The van der Waals surface area contributed by atoms with Gasteiger partial charge in [0.25, 0.3) is 0 Å². The maximum Gasteiger partial charge on any atom is 0.416 e. The number of alkyl halides is 3. The normalized spacial score (nSPS) is 20.6. The van der Waals surface area contributed by atoms with Gasteiger partial charge in [-0.15, -0.1) is 0 Å². The van der Waals surface area contributed by atoms with Crippen LogP contribution in [0.1, 0.15) is 12.0 Å². The lowest BCUT2D eigenvalue weighted by Crippen LogP contribution is -2.25. The fourth-order valence-corrected chi connectivity index (χ4v) is 2.38. The Hall–Kier alpha value is -0.880. The highest BCUT2D eigenvalue weighted by Gasteiger charge is 2.34. The topological polar surface area (TPSA) is 20.3 Å². The fourth-order valence-electron chi connectivity index (χ4n) is 1.83. The van der Waals surface area contributed by atoms with Gasteiger partial charge < -0.3 is 4.90 Å². The van der Waals surface area contributed by atoms with Crippen molar-refractivity contribution < 1.29 is 18.0 Å². The number of benzene rings is 1. The Morgan fingerprint density at radius 2 is 2.00 bits per heavy atom. The van der Waals surface area contributed by atoms with Crippen molar-refractivity contribution in [3.05, 3.63) is 28.8 Å². The Kier molecular flexibility index (Phi) is 3.51. The molecule has 1 saturated heterocycles. The summed E-state index contributed by atoms with van der Waals surface area (Å²) in [4.78, 5) is 12.9. The average molecular weight is 296 g/mol. The summed E-state index contributed by atoms with van der Waals surface area (Å²) in [6.07, 6.45) is -4.26. The number of halogens is 4. The van der Waals surface area contributed by atoms with Gasteiger partial charge in [-0.3, -0.25) is 4.79 Å². The summed E-state index contributed by atoms with van der Waals surface area (Å²) in [6.45, 7) is 0.291. The minimum Gasteiger partial charge on any atom is -0.311 e. The molecule has 98 valence electrons. The molecule has 1 aliphatic heterocycles. The summed E-state index contributed by atoms with van der Waals surface area (Å²) in [5.41, 5.74) is -0.697. The van der Waals surface area contributed by atoms with E-state index >= 15 is 0 Å². The molecule has 2 nitrogen and oxygen atoms in total. The van der Waals surface area contributed by atoms with E-state index in [9.17, 15) is 18.0 Å². The van der Waals surface area contributed by atoms with Gasteiger partial charge in [0, 0.05) is 28.9 Å². The maximum atomic E-state index is 12.6. The molecule has 0 spiro atoms. The van der Waals surface area contributed by atoms with Crippen LogP contribution in [-0.2, 0) is 11.0 Å². The van der Waals surface area contributed by atoms with E-state index < -0.39 is 11.7 Å². The Morgan fingerprint density at radius 3 is 2.50 bits per heavy atom. The van der Waals surface area contributed by atoms with Gasteiger partial charge in [-0.1, -0.05) is 11.6 Å². The molecule has 0 aromatic heterocycles. The second-order valence-corrected chi connectivity index (χ2v) is 5.22. The number of thiol groups is 1. The molecular formula is C11H9ClF3NOS. The molecule has 1 aliphatic rings. The number of hydrogen-bond donors (Lipinski definition) is 1. The molecule has 1 unspecified atom stereocenters. The highest BCUT2D eigenvalue weighted by Crippen LogP contribution is 2.35. The van der Waals surface area contributed by atoms with E-state index in [1.54, 1.807) is 0 Å². The van der Waals surface area contributed by atoms with Gasteiger partial charge in [-0.25, -0.2) is 0 Å². The van der Waals surface area contributed by atoms with Crippen LogP contribution in [0.3, 0.4) is 0 Å². The number of carbonyl (C=O) groups is 1. The quantitative estimate of drug-likeness (QED) is 0.788. The van der Waals surface area contributed by atoms with E-state index in [0.29, 0.717) is 6.54 Å². The van der Waals surface area contributed by atoms with E-state index in [1.165, 1.54) is 11.0 Å². The Bertz CT molecular complexity index is 492. The lowest BCUT2D eigenvalue weighted by Gasteiger charge is -2.18. The van der Waals surface area contributed by atoms with E-state index in [-0.39, 0.29) is 28.3 Å². The third-order valence-corrected chi connectivity index (χ3v) is 3.19. The monoisotopic (exact) mass is 295 g/mol. The Labute approximate surface area is 112 Å². The predicted molar refractivity (Wildman–Crippen MR) is 66.2 cm³/mol. The van der Waals surface area contributed by atoms with Gasteiger partial charge in [0.15, 0.2) is 0 Å². The van der Waals surface area contributed by atoms with Crippen LogP contribution in [0.15, 0.2) is 18.2 Å². The standard InChI is InChI=1S/C11H9ClF3NOS/c12-7-1-6(11(13,14)15)2-8(3-7)16-5-9(18)4-10(16)17/h1-3,9,18H,4-5H2. The van der Waals surface area contributed by atoms with Crippen molar-refractivity contribution in [2.45, 2.75) is 17.8 Å². The summed E-state index contributed by atoms with van der Waals surface area (Å²) < 4.78 is 37.9. The van der Waals surface area contributed by atoms with Gasteiger partial charge in [0.1, 0.15) is 0 Å². The summed E-state index contributed by atoms with van der Waals surface area (Å²) in [5.74, 6) is -0.245. The van der Waals surface area contributed by atoms with Crippen molar-refractivity contribution in [3.63, 3.8) is 0 Å². The van der Waals surface area contributed by atoms with Crippen LogP contribution >= 0.6 is 24.2 Å². The molecule has 1 heterocycles. The smallest absolute Gasteiger partial charge is 0.311 e. The highest BCUT2D eigenvalue weighted by atomic mass is 35.5. The SMILES string of the molecule is O=C1CC(S)CN1c1cc(Cl)cc(C(F)(F)F)c1. The van der Waals surface area contributed by atoms with E-state index in [0.717, 1.165) is 12.1 Å². The number of hydrogen-bond acceptors (Lipinski definition) is 2. The van der Waals surface area contributed by atoms with Crippen LogP contribution in [0.25, 0.3) is 0 Å². The molecule has 0 N–H and O–H groups in total. The van der Waals surface area contributed by atoms with E-state index in [4.69, 9.17) is 11.6 Å². The van der Waals surface area contributed by atoms with Crippen molar-refractivity contribution in [1.82, 2.24) is 0 Å². The number of carbonyl (C=O) groups excluding carboxylic acids is 1. The molecule has 7 heteroatoms. The summed E-state index contributed by atoms with van der Waals surface area (Å²) in [6, 6.07) is 3.11. The van der Waals surface area contributed by atoms with Crippen molar-refractivity contribution in [3.8, 4) is 0 Å². The third-order valence-electron chi connectivity index (χ3n) is 2.63. The number of anilines is 1. The van der Waals surface area contributed by atoms with Gasteiger partial charge in [-0.05, 0) is 18.2 Å². The first-order valence-corrected chi connectivity index (χ1v) is 6.03. The number of rotatable bonds is 1. The molecule has 0 radical (unpaired) electrons. The van der Waals surface area contributed by atoms with Gasteiger partial charge in [-0.2, -0.15) is 25.8 Å². The number of amides is 1. The predicted octanol–water partition coefficient (Wildman–Crippen LogP) is 3.39. The van der Waals surface area contributed by atoms with Gasteiger partial charge >= 0.3 is 6.18 Å². The minimum absolute atomic E-state index is 0.0461. The van der Waals surface area contributed by atoms with Crippen molar-refractivity contribution >= 4 is 35.8 Å². The van der Waals surface area contributed by atoms with Crippen molar-refractivity contribution in [2.75, 3.05) is 11.4 Å². The maximum absolute atomic E-state index is 12.6. The molecule has 1 fully saturated rings. The Balaban J connectivity index is 2.40. The highest BCUT2D eigenvalue weighted by molar-refractivity contribution is 7.81. The molecule has 1 amide bonds. The summed E-state index contributed by atoms with van der Waals surface area (Å²) in [7, 11) is 0. The van der Waals surface area contributed by atoms with Crippen molar-refractivity contribution in [2.24, 2.45) is 0 Å². The second-order valence-electron chi connectivity index (χ2n) is 4.06. The molecule has 1 aromatic carbocycles. The average Bonchev–Trinajstić information content (AvgIpc) is 2.55. The van der Waals surface area contributed by atoms with Crippen LogP contribution < -0.4 is 4.90 Å². The largest absolute Gasteiger partial charge is 0.416 e. The fraction of sp³-hybridized carbons (Fsp3) is 0.364. The zero-order valence-electron chi connectivity index (χ0n) is 9.04. The van der Waals surface area contributed by atoms with Crippen LogP contribution in [0.5, 0.6) is 0 Å². The molecule has 2 rings (SSSR count). The molecule has 0 bridgehead atoms. The summed E-state index contributed by atoms with van der Waals surface area (Å²) >= 11 is 9.81. The van der Waals surface area contributed by atoms with Gasteiger partial charge in [0.2, 0.25) is 5.91 Å². The zero-order chi connectivity index (χ0) is 13.5. The second kappa shape index (κ2) is 4.66. The first-order chi connectivity index (χ1) is 8.27. The zero-order valence-corrected chi connectivity index (χ0v) is 10.7. The van der Waals surface area contributed by atoms with Crippen molar-refractivity contribution in [1.29, 1.82) is 0 Å². The molecule has 18 heavy (non-hydrogen) atoms. The van der Waals surface area contributed by atoms with Crippen LogP contribution in [-0.4, -0.2) is 17.7 Å². The van der Waals surface area contributed by atoms with E-state index in [1.807, 2.05) is 0 Å². The number of nitrogens with zero attached hydrogens (tertiary/aromatic N) is 1. The molecule has 1 aromatic rings. The van der Waals surface area contributed by atoms with Crippen LogP contribution in [0, 0.1) is 0 Å².